The molecule has 0 spiro atoms. The Morgan fingerprint density at radius 1 is 1.14 bits per heavy atom. The van der Waals surface area contributed by atoms with Crippen LogP contribution in [-0.2, 0) is 4.79 Å². The number of carbonyl (C=O) groups is 1. The zero-order valence-corrected chi connectivity index (χ0v) is 18.2. The first-order valence-electron chi connectivity index (χ1n) is 8.44. The minimum atomic E-state index is -0.667. The number of carbonyl (C=O) groups excluding carboxylic acids is 1. The van der Waals surface area contributed by atoms with Crippen molar-refractivity contribution < 1.29 is 4.79 Å². The molecule has 1 aromatic heterocycles. The van der Waals surface area contributed by atoms with Crippen molar-refractivity contribution in [3.8, 4) is 6.07 Å². The van der Waals surface area contributed by atoms with Crippen molar-refractivity contribution in [3.05, 3.63) is 85.0 Å². The Bertz CT molecular complexity index is 1080. The molecule has 146 valence electrons. The highest BCUT2D eigenvalue weighted by Crippen LogP contribution is 2.41. The number of halogens is 3. The van der Waals surface area contributed by atoms with Crippen LogP contribution in [0.25, 0.3) is 0 Å². The van der Waals surface area contributed by atoms with Gasteiger partial charge in [0, 0.05) is 27.4 Å². The molecule has 3 aromatic rings. The van der Waals surface area contributed by atoms with Gasteiger partial charge < -0.3 is 0 Å². The third-order valence-corrected chi connectivity index (χ3v) is 5.95. The molecule has 29 heavy (non-hydrogen) atoms. The van der Waals surface area contributed by atoms with Gasteiger partial charge in [-0.25, -0.2) is 5.01 Å². The van der Waals surface area contributed by atoms with E-state index in [2.05, 4.69) is 11.2 Å². The molecule has 0 fully saturated rings. The van der Waals surface area contributed by atoms with Crippen LogP contribution in [0.5, 0.6) is 0 Å². The van der Waals surface area contributed by atoms with Gasteiger partial charge in [-0.05, 0) is 29.8 Å². The van der Waals surface area contributed by atoms with Crippen LogP contribution in [-0.4, -0.2) is 12.1 Å². The lowest BCUT2D eigenvalue weighted by molar-refractivity contribution is -0.116. The Hall–Kier alpha value is -2.36. The summed E-state index contributed by atoms with van der Waals surface area (Å²) >= 11 is 20.2. The summed E-state index contributed by atoms with van der Waals surface area (Å²) in [6, 6.07) is 18.2. The van der Waals surface area contributed by atoms with Gasteiger partial charge in [0.05, 0.1) is 22.3 Å². The maximum Gasteiger partial charge on any atom is 0.244 e. The largest absolute Gasteiger partial charge is 0.273 e. The second-order valence-electron chi connectivity index (χ2n) is 6.01. The van der Waals surface area contributed by atoms with Gasteiger partial charge in [0.1, 0.15) is 5.92 Å². The standard InChI is InChI=1S/C21H14Cl3N3OS/c1-13(28)27(26-12-14-5-3-2-4-6-14)15-9-17(22)21(18(23)10-15)16(11-25)19-7-8-20(24)29-19/h2-10,12,16H,1H3/b26-12+. The molecule has 1 atom stereocenters. The van der Waals surface area contributed by atoms with Gasteiger partial charge in [0.15, 0.2) is 0 Å². The molecule has 3 rings (SSSR count). The first-order valence-corrected chi connectivity index (χ1v) is 10.4. The fourth-order valence-electron chi connectivity index (χ4n) is 2.72. The predicted octanol–water partition coefficient (Wildman–Crippen LogP) is 6.75. The van der Waals surface area contributed by atoms with Crippen molar-refractivity contribution in [2.45, 2.75) is 12.8 Å². The number of hydrazone groups is 1. The zero-order chi connectivity index (χ0) is 21.0. The molecule has 0 aliphatic heterocycles. The zero-order valence-electron chi connectivity index (χ0n) is 15.1. The lowest BCUT2D eigenvalue weighted by Gasteiger charge is -2.19. The third-order valence-electron chi connectivity index (χ3n) is 4.02. The smallest absolute Gasteiger partial charge is 0.244 e. The van der Waals surface area contributed by atoms with E-state index in [4.69, 9.17) is 34.8 Å². The van der Waals surface area contributed by atoms with Gasteiger partial charge in [-0.15, -0.1) is 11.3 Å². The monoisotopic (exact) mass is 461 g/mol. The molecule has 1 heterocycles. The third kappa shape index (κ3) is 4.98. The lowest BCUT2D eigenvalue weighted by atomic mass is 9.98. The maximum atomic E-state index is 12.1. The van der Waals surface area contributed by atoms with E-state index in [0.717, 1.165) is 10.4 Å². The second-order valence-corrected chi connectivity index (χ2v) is 8.57. The summed E-state index contributed by atoms with van der Waals surface area (Å²) in [5.41, 5.74) is 1.71. The van der Waals surface area contributed by atoms with Gasteiger partial charge >= 0.3 is 0 Å². The average Bonchev–Trinajstić information content (AvgIpc) is 3.11. The Kier molecular flexibility index (Phi) is 6.94. The van der Waals surface area contributed by atoms with E-state index < -0.39 is 5.92 Å². The summed E-state index contributed by atoms with van der Waals surface area (Å²) in [6.45, 7) is 1.39. The summed E-state index contributed by atoms with van der Waals surface area (Å²) in [6.07, 6.45) is 1.57. The van der Waals surface area contributed by atoms with Crippen molar-refractivity contribution in [1.82, 2.24) is 0 Å². The molecular formula is C21H14Cl3N3OS. The number of benzene rings is 2. The second kappa shape index (κ2) is 9.43. The van der Waals surface area contributed by atoms with Crippen LogP contribution < -0.4 is 5.01 Å². The number of nitrogens with zero attached hydrogens (tertiary/aromatic N) is 3. The number of hydrogen-bond donors (Lipinski definition) is 0. The van der Waals surface area contributed by atoms with Crippen LogP contribution in [0.15, 0.2) is 59.7 Å². The average molecular weight is 463 g/mol. The van der Waals surface area contributed by atoms with E-state index >= 15 is 0 Å². The molecular weight excluding hydrogens is 449 g/mol. The summed E-state index contributed by atoms with van der Waals surface area (Å²) in [5.74, 6) is -0.973. The highest BCUT2D eigenvalue weighted by atomic mass is 35.5. The number of anilines is 1. The molecule has 0 saturated heterocycles. The number of nitriles is 1. The molecule has 0 aliphatic rings. The topological polar surface area (TPSA) is 56.5 Å². The van der Waals surface area contributed by atoms with Crippen LogP contribution in [0.3, 0.4) is 0 Å². The number of thiophene rings is 1. The van der Waals surface area contributed by atoms with E-state index in [0.29, 0.717) is 15.6 Å². The summed E-state index contributed by atoms with van der Waals surface area (Å²) in [5, 5.41) is 15.7. The van der Waals surface area contributed by atoms with Crippen LogP contribution in [0.1, 0.15) is 28.8 Å². The molecule has 0 radical (unpaired) electrons. The molecule has 0 aliphatic carbocycles. The fourth-order valence-corrected chi connectivity index (χ4v) is 4.53. The summed E-state index contributed by atoms with van der Waals surface area (Å²) < 4.78 is 0.571. The van der Waals surface area contributed by atoms with Crippen molar-refractivity contribution in [2.24, 2.45) is 5.10 Å². The minimum absolute atomic E-state index is 0.268. The molecule has 8 heteroatoms. The first-order chi connectivity index (χ1) is 13.9. The number of hydrogen-bond acceptors (Lipinski definition) is 4. The Morgan fingerprint density at radius 2 is 1.79 bits per heavy atom. The Labute approximate surface area is 187 Å². The molecule has 0 N–H and O–H groups in total. The Balaban J connectivity index is 1.99. The van der Waals surface area contributed by atoms with E-state index in [1.54, 1.807) is 30.5 Å². The molecule has 2 aromatic carbocycles. The van der Waals surface area contributed by atoms with Crippen LogP contribution in [0.4, 0.5) is 5.69 Å². The molecule has 0 saturated carbocycles. The highest BCUT2D eigenvalue weighted by Gasteiger charge is 2.24. The van der Waals surface area contributed by atoms with Gasteiger partial charge in [-0.2, -0.15) is 10.4 Å². The SMILES string of the molecule is CC(=O)N(/N=C/c1ccccc1)c1cc(Cl)c(C(C#N)c2ccc(Cl)s2)c(Cl)c1. The van der Waals surface area contributed by atoms with E-state index in [1.807, 2.05) is 30.3 Å². The number of amides is 1. The quantitative estimate of drug-likeness (QED) is 0.311. The minimum Gasteiger partial charge on any atom is -0.273 e. The van der Waals surface area contributed by atoms with Crippen molar-refractivity contribution >= 4 is 63.9 Å². The van der Waals surface area contributed by atoms with E-state index in [9.17, 15) is 10.1 Å². The molecule has 0 bridgehead atoms. The predicted molar refractivity (Wildman–Crippen MR) is 120 cm³/mol. The van der Waals surface area contributed by atoms with Gasteiger partial charge in [-0.3, -0.25) is 4.79 Å². The van der Waals surface area contributed by atoms with E-state index in [-0.39, 0.29) is 16.0 Å². The van der Waals surface area contributed by atoms with Gasteiger partial charge in [-0.1, -0.05) is 65.1 Å². The van der Waals surface area contributed by atoms with Gasteiger partial charge in [0.2, 0.25) is 5.91 Å². The highest BCUT2D eigenvalue weighted by molar-refractivity contribution is 7.16. The molecule has 1 unspecified atom stereocenters. The summed E-state index contributed by atoms with van der Waals surface area (Å²) in [7, 11) is 0. The van der Waals surface area contributed by atoms with Crippen LogP contribution in [0.2, 0.25) is 14.4 Å². The van der Waals surface area contributed by atoms with Crippen molar-refractivity contribution in [2.75, 3.05) is 5.01 Å². The lowest BCUT2D eigenvalue weighted by Crippen LogP contribution is -2.22. The normalized spacial score (nSPS) is 12.0. The first kappa shape index (κ1) is 21.4. The van der Waals surface area contributed by atoms with Crippen molar-refractivity contribution in [3.63, 3.8) is 0 Å². The summed E-state index contributed by atoms with van der Waals surface area (Å²) in [4.78, 5) is 12.9. The van der Waals surface area contributed by atoms with Crippen LogP contribution >= 0.6 is 46.1 Å². The van der Waals surface area contributed by atoms with Crippen LogP contribution in [0, 0.1) is 11.3 Å². The van der Waals surface area contributed by atoms with E-state index in [1.165, 1.54) is 23.3 Å². The fraction of sp³-hybridized carbons (Fsp3) is 0.0952. The number of rotatable bonds is 5. The molecule has 4 nitrogen and oxygen atoms in total. The van der Waals surface area contributed by atoms with Gasteiger partial charge in [0.25, 0.3) is 0 Å². The maximum absolute atomic E-state index is 12.1. The Morgan fingerprint density at radius 3 is 2.31 bits per heavy atom. The molecule has 1 amide bonds. The van der Waals surface area contributed by atoms with Crippen molar-refractivity contribution in [1.29, 1.82) is 5.26 Å².